The average Bonchev–Trinajstić information content (AvgIpc) is 2.64. The molecule has 3 heteroatoms. The van der Waals surface area contributed by atoms with E-state index in [2.05, 4.69) is 24.3 Å². The Kier molecular flexibility index (Phi) is 4.46. The van der Waals surface area contributed by atoms with Gasteiger partial charge in [0.15, 0.2) is 0 Å². The summed E-state index contributed by atoms with van der Waals surface area (Å²) in [5.41, 5.74) is 2.90. The standard InChI is InChI=1S/C23H25NO2/c24-13-12-23(26)11-10-20-19-9-7-18(25)15-17(19)6-8-21(20)22(23)14-16-4-2-1-3-5-16/h1-5,7,9,15,20-22,25-26H,6,8,10-12,14H2. The van der Waals surface area contributed by atoms with E-state index in [4.69, 9.17) is 0 Å². The van der Waals surface area contributed by atoms with Gasteiger partial charge < -0.3 is 10.2 Å². The molecule has 134 valence electrons. The molecule has 0 radical (unpaired) electrons. The van der Waals surface area contributed by atoms with Gasteiger partial charge >= 0.3 is 0 Å². The Morgan fingerprint density at radius 2 is 1.92 bits per heavy atom. The second kappa shape index (κ2) is 6.78. The fraction of sp³-hybridized carbons (Fsp3) is 0.435. The minimum absolute atomic E-state index is 0.0882. The van der Waals surface area contributed by atoms with Crippen LogP contribution in [0.25, 0.3) is 0 Å². The van der Waals surface area contributed by atoms with Crippen molar-refractivity contribution in [3.63, 3.8) is 0 Å². The zero-order chi connectivity index (χ0) is 18.1. The van der Waals surface area contributed by atoms with Gasteiger partial charge in [-0.1, -0.05) is 36.4 Å². The van der Waals surface area contributed by atoms with Crippen molar-refractivity contribution < 1.29 is 10.2 Å². The number of hydrogen-bond acceptors (Lipinski definition) is 3. The van der Waals surface area contributed by atoms with Crippen LogP contribution >= 0.6 is 0 Å². The van der Waals surface area contributed by atoms with Crippen LogP contribution in [0.1, 0.15) is 48.3 Å². The Hall–Kier alpha value is -2.31. The number of fused-ring (bicyclic) bond motifs is 3. The average molecular weight is 347 g/mol. The molecule has 4 rings (SSSR count). The highest BCUT2D eigenvalue weighted by molar-refractivity contribution is 5.40. The van der Waals surface area contributed by atoms with Gasteiger partial charge in [-0.2, -0.15) is 5.26 Å². The quantitative estimate of drug-likeness (QED) is 0.868. The number of aryl methyl sites for hydroxylation is 1. The molecule has 1 fully saturated rings. The highest BCUT2D eigenvalue weighted by Gasteiger charge is 2.49. The number of nitrogens with zero attached hydrogens (tertiary/aromatic N) is 1. The number of nitriles is 1. The second-order valence-electron chi connectivity index (χ2n) is 7.97. The lowest BCUT2D eigenvalue weighted by atomic mass is 9.56. The third-order valence-electron chi connectivity index (χ3n) is 6.57. The Bertz CT molecular complexity index is 826. The van der Waals surface area contributed by atoms with Crippen LogP contribution in [-0.4, -0.2) is 15.8 Å². The predicted molar refractivity (Wildman–Crippen MR) is 101 cm³/mol. The molecular formula is C23H25NO2. The van der Waals surface area contributed by atoms with Gasteiger partial charge in [-0.3, -0.25) is 0 Å². The lowest BCUT2D eigenvalue weighted by Crippen LogP contribution is -2.49. The third-order valence-corrected chi connectivity index (χ3v) is 6.57. The van der Waals surface area contributed by atoms with Crippen LogP contribution in [0, 0.1) is 23.2 Å². The van der Waals surface area contributed by atoms with Crippen molar-refractivity contribution in [3.8, 4) is 11.8 Å². The molecule has 0 aromatic heterocycles. The summed E-state index contributed by atoms with van der Waals surface area (Å²) in [4.78, 5) is 0. The van der Waals surface area contributed by atoms with Crippen LogP contribution in [-0.2, 0) is 12.8 Å². The Labute approximate surface area is 154 Å². The largest absolute Gasteiger partial charge is 0.508 e. The summed E-state index contributed by atoms with van der Waals surface area (Å²) in [7, 11) is 0. The van der Waals surface area contributed by atoms with E-state index in [0.717, 1.165) is 25.7 Å². The summed E-state index contributed by atoms with van der Waals surface area (Å²) in [6.07, 6.45) is 4.53. The first-order valence-corrected chi connectivity index (χ1v) is 9.56. The number of benzene rings is 2. The van der Waals surface area contributed by atoms with E-state index >= 15 is 0 Å². The van der Waals surface area contributed by atoms with Gasteiger partial charge in [-0.05, 0) is 78.7 Å². The first-order valence-electron chi connectivity index (χ1n) is 9.56. The van der Waals surface area contributed by atoms with E-state index in [-0.39, 0.29) is 12.3 Å². The van der Waals surface area contributed by atoms with Crippen molar-refractivity contribution in [2.45, 2.75) is 50.0 Å². The van der Waals surface area contributed by atoms with E-state index in [1.165, 1.54) is 16.7 Å². The zero-order valence-corrected chi connectivity index (χ0v) is 14.9. The fourth-order valence-corrected chi connectivity index (χ4v) is 5.33. The van der Waals surface area contributed by atoms with Gasteiger partial charge in [0.05, 0.1) is 18.1 Å². The van der Waals surface area contributed by atoms with Gasteiger partial charge in [0.1, 0.15) is 5.75 Å². The summed E-state index contributed by atoms with van der Waals surface area (Å²) in [5, 5.41) is 30.5. The van der Waals surface area contributed by atoms with Crippen LogP contribution in [0.5, 0.6) is 5.75 Å². The zero-order valence-electron chi connectivity index (χ0n) is 14.9. The highest BCUT2D eigenvalue weighted by atomic mass is 16.3. The molecule has 4 unspecified atom stereocenters. The maximum Gasteiger partial charge on any atom is 0.115 e. The highest BCUT2D eigenvalue weighted by Crippen LogP contribution is 2.53. The molecule has 0 aliphatic heterocycles. The van der Waals surface area contributed by atoms with Crippen molar-refractivity contribution in [2.24, 2.45) is 11.8 Å². The lowest BCUT2D eigenvalue weighted by molar-refractivity contribution is -0.0812. The van der Waals surface area contributed by atoms with E-state index in [9.17, 15) is 15.5 Å². The van der Waals surface area contributed by atoms with Crippen LogP contribution in [0.15, 0.2) is 48.5 Å². The SMILES string of the molecule is N#CCC1(O)CCC2c3ccc(O)cc3CCC2C1Cc1ccccc1. The van der Waals surface area contributed by atoms with Gasteiger partial charge in [-0.15, -0.1) is 0 Å². The monoisotopic (exact) mass is 347 g/mol. The Morgan fingerprint density at radius 1 is 1.12 bits per heavy atom. The molecular weight excluding hydrogens is 322 g/mol. The predicted octanol–water partition coefficient (Wildman–Crippen LogP) is 4.34. The van der Waals surface area contributed by atoms with Crippen LogP contribution < -0.4 is 0 Å². The number of rotatable bonds is 3. The first kappa shape index (κ1) is 17.1. The van der Waals surface area contributed by atoms with Gasteiger partial charge in [0.2, 0.25) is 0 Å². The van der Waals surface area contributed by atoms with E-state index < -0.39 is 5.60 Å². The maximum atomic E-state index is 11.4. The molecule has 0 spiro atoms. The molecule has 0 amide bonds. The summed E-state index contributed by atoms with van der Waals surface area (Å²) >= 11 is 0. The number of hydrogen-bond donors (Lipinski definition) is 2. The van der Waals surface area contributed by atoms with Crippen molar-refractivity contribution in [1.29, 1.82) is 5.26 Å². The molecule has 1 saturated carbocycles. The number of phenolic OH excluding ortho intramolecular Hbond substituents is 1. The summed E-state index contributed by atoms with van der Waals surface area (Å²) < 4.78 is 0. The molecule has 2 aromatic rings. The molecule has 2 aliphatic carbocycles. The molecule has 2 aliphatic rings. The van der Waals surface area contributed by atoms with Gasteiger partial charge in [0.25, 0.3) is 0 Å². The topological polar surface area (TPSA) is 64.2 Å². The number of phenols is 1. The Morgan fingerprint density at radius 3 is 2.69 bits per heavy atom. The van der Waals surface area contributed by atoms with Crippen molar-refractivity contribution in [3.05, 3.63) is 65.2 Å². The second-order valence-corrected chi connectivity index (χ2v) is 7.97. The fourth-order valence-electron chi connectivity index (χ4n) is 5.33. The van der Waals surface area contributed by atoms with Crippen LogP contribution in [0.2, 0.25) is 0 Å². The minimum Gasteiger partial charge on any atom is -0.508 e. The van der Waals surface area contributed by atoms with Crippen molar-refractivity contribution in [2.75, 3.05) is 0 Å². The van der Waals surface area contributed by atoms with E-state index in [1.54, 1.807) is 6.07 Å². The molecule has 3 nitrogen and oxygen atoms in total. The minimum atomic E-state index is -0.903. The van der Waals surface area contributed by atoms with Crippen molar-refractivity contribution >= 4 is 0 Å². The molecule has 2 N–H and O–H groups in total. The van der Waals surface area contributed by atoms with Gasteiger partial charge in [-0.25, -0.2) is 0 Å². The third kappa shape index (κ3) is 2.99. The normalized spacial score (nSPS) is 30.1. The summed E-state index contributed by atoms with van der Waals surface area (Å²) in [6, 6.07) is 18.3. The first-order chi connectivity index (χ1) is 12.6. The molecule has 0 saturated heterocycles. The van der Waals surface area contributed by atoms with E-state index in [0.29, 0.717) is 24.0 Å². The lowest BCUT2D eigenvalue weighted by Gasteiger charge is -2.50. The van der Waals surface area contributed by atoms with Crippen LogP contribution in [0.4, 0.5) is 0 Å². The Balaban J connectivity index is 1.70. The number of aliphatic hydroxyl groups is 1. The molecule has 2 aromatic carbocycles. The maximum absolute atomic E-state index is 11.4. The number of aromatic hydroxyl groups is 1. The summed E-state index contributed by atoms with van der Waals surface area (Å²) in [5.74, 6) is 1.21. The summed E-state index contributed by atoms with van der Waals surface area (Å²) in [6.45, 7) is 0. The molecule has 0 bridgehead atoms. The van der Waals surface area contributed by atoms with E-state index in [1.807, 2.05) is 24.3 Å². The van der Waals surface area contributed by atoms with Crippen molar-refractivity contribution in [1.82, 2.24) is 0 Å². The van der Waals surface area contributed by atoms with Crippen LogP contribution in [0.3, 0.4) is 0 Å². The molecule has 26 heavy (non-hydrogen) atoms. The smallest absolute Gasteiger partial charge is 0.115 e. The van der Waals surface area contributed by atoms with Gasteiger partial charge in [0, 0.05) is 0 Å². The molecule has 4 atom stereocenters. The molecule has 0 heterocycles.